The Balaban J connectivity index is 0. The molecule has 0 aromatic heterocycles. The fourth-order valence-electron chi connectivity index (χ4n) is 1.57. The van der Waals surface area contributed by atoms with Gasteiger partial charge in [0.25, 0.3) is 0 Å². The molecule has 18 heavy (non-hydrogen) atoms. The minimum absolute atomic E-state index is 0.649. The first-order valence-electron chi connectivity index (χ1n) is 7.62. The number of para-hydroxylation sites is 1. The molecule has 1 N–H and O–H groups in total. The van der Waals surface area contributed by atoms with E-state index in [2.05, 4.69) is 50.4 Å². The van der Waals surface area contributed by atoms with E-state index in [0.29, 0.717) is 5.92 Å². The molecule has 1 rings (SSSR count). The Morgan fingerprint density at radius 1 is 1.00 bits per heavy atom. The van der Waals surface area contributed by atoms with E-state index in [4.69, 9.17) is 0 Å². The minimum atomic E-state index is 0.649. The van der Waals surface area contributed by atoms with Crippen LogP contribution in [0.2, 0.25) is 0 Å². The van der Waals surface area contributed by atoms with Gasteiger partial charge in [0.2, 0.25) is 0 Å². The van der Waals surface area contributed by atoms with Gasteiger partial charge in [0.05, 0.1) is 0 Å². The van der Waals surface area contributed by atoms with Crippen LogP contribution in [0.4, 0.5) is 5.69 Å². The Kier molecular flexibility index (Phi) is 15.1. The van der Waals surface area contributed by atoms with Crippen molar-refractivity contribution in [3.05, 3.63) is 29.8 Å². The maximum absolute atomic E-state index is 3.48. The molecule has 1 aromatic carbocycles. The van der Waals surface area contributed by atoms with Crippen LogP contribution in [0.25, 0.3) is 0 Å². The van der Waals surface area contributed by atoms with Crippen LogP contribution in [0.15, 0.2) is 24.3 Å². The average Bonchev–Trinajstić information content (AvgIpc) is 2.48. The number of hydrogen-bond acceptors (Lipinski definition) is 1. The van der Waals surface area contributed by atoms with E-state index in [9.17, 15) is 0 Å². The van der Waals surface area contributed by atoms with Gasteiger partial charge in [0.1, 0.15) is 0 Å². The van der Waals surface area contributed by atoms with Crippen LogP contribution in [0.1, 0.15) is 72.8 Å². The summed E-state index contributed by atoms with van der Waals surface area (Å²) < 4.78 is 0. The Hall–Kier alpha value is -0.980. The molecule has 0 saturated carbocycles. The van der Waals surface area contributed by atoms with Crippen LogP contribution in [-0.4, -0.2) is 6.54 Å². The SMILES string of the molecule is CC.CC.CCCNc1ccccc1C(C)CC. The van der Waals surface area contributed by atoms with Crippen molar-refractivity contribution < 1.29 is 0 Å². The third-order valence-electron chi connectivity index (χ3n) is 2.67. The molecular weight excluding hydrogens is 218 g/mol. The molecule has 1 atom stereocenters. The first-order valence-corrected chi connectivity index (χ1v) is 7.62. The lowest BCUT2D eigenvalue weighted by Crippen LogP contribution is -2.04. The number of hydrogen-bond donors (Lipinski definition) is 1. The van der Waals surface area contributed by atoms with Crippen molar-refractivity contribution >= 4 is 5.69 Å². The van der Waals surface area contributed by atoms with Crippen LogP contribution in [0.3, 0.4) is 0 Å². The molecule has 0 spiro atoms. The summed E-state index contributed by atoms with van der Waals surface area (Å²) >= 11 is 0. The molecule has 0 heterocycles. The smallest absolute Gasteiger partial charge is 0.0375 e. The molecule has 0 aliphatic heterocycles. The molecule has 106 valence electrons. The van der Waals surface area contributed by atoms with Crippen LogP contribution in [0.5, 0.6) is 0 Å². The third-order valence-corrected chi connectivity index (χ3v) is 2.67. The van der Waals surface area contributed by atoms with Crippen molar-refractivity contribution in [2.24, 2.45) is 0 Å². The molecule has 0 aliphatic carbocycles. The van der Waals surface area contributed by atoms with E-state index in [1.54, 1.807) is 0 Å². The second-order valence-electron chi connectivity index (χ2n) is 3.82. The Morgan fingerprint density at radius 2 is 1.56 bits per heavy atom. The van der Waals surface area contributed by atoms with Gasteiger partial charge in [-0.15, -0.1) is 0 Å². The van der Waals surface area contributed by atoms with E-state index in [1.807, 2.05) is 27.7 Å². The summed E-state index contributed by atoms with van der Waals surface area (Å²) in [6.45, 7) is 15.8. The molecule has 0 radical (unpaired) electrons. The fourth-order valence-corrected chi connectivity index (χ4v) is 1.57. The summed E-state index contributed by atoms with van der Waals surface area (Å²) in [5.74, 6) is 0.649. The van der Waals surface area contributed by atoms with E-state index >= 15 is 0 Å². The summed E-state index contributed by atoms with van der Waals surface area (Å²) in [7, 11) is 0. The number of rotatable bonds is 5. The molecule has 0 bridgehead atoms. The zero-order valence-corrected chi connectivity index (χ0v) is 13.5. The first kappa shape index (κ1) is 19.4. The van der Waals surface area contributed by atoms with Crippen molar-refractivity contribution in [1.29, 1.82) is 0 Å². The standard InChI is InChI=1S/C13H21N.2C2H6/c1-4-10-14-13-9-7-6-8-12(13)11(3)5-2;2*1-2/h6-9,11,14H,4-5,10H2,1-3H3;2*1-2H3. The highest BCUT2D eigenvalue weighted by Gasteiger charge is 2.06. The topological polar surface area (TPSA) is 12.0 Å². The van der Waals surface area contributed by atoms with Gasteiger partial charge in [-0.05, 0) is 30.4 Å². The first-order chi connectivity index (χ1) is 8.79. The van der Waals surface area contributed by atoms with Gasteiger partial charge in [-0.1, -0.05) is 66.7 Å². The van der Waals surface area contributed by atoms with Gasteiger partial charge in [-0.3, -0.25) is 0 Å². The Bertz CT molecular complexity index is 268. The zero-order chi connectivity index (χ0) is 14.4. The lowest BCUT2D eigenvalue weighted by atomic mass is 9.97. The lowest BCUT2D eigenvalue weighted by Gasteiger charge is -2.15. The monoisotopic (exact) mass is 251 g/mol. The van der Waals surface area contributed by atoms with E-state index < -0.39 is 0 Å². The second-order valence-corrected chi connectivity index (χ2v) is 3.82. The number of anilines is 1. The van der Waals surface area contributed by atoms with Gasteiger partial charge in [-0.2, -0.15) is 0 Å². The molecule has 0 aliphatic rings. The maximum atomic E-state index is 3.48. The highest BCUT2D eigenvalue weighted by molar-refractivity contribution is 5.52. The predicted molar refractivity (Wildman–Crippen MR) is 86.6 cm³/mol. The number of benzene rings is 1. The molecule has 0 saturated heterocycles. The van der Waals surface area contributed by atoms with E-state index in [0.717, 1.165) is 6.54 Å². The van der Waals surface area contributed by atoms with Crippen LogP contribution in [0, 0.1) is 0 Å². The van der Waals surface area contributed by atoms with Gasteiger partial charge in [0.15, 0.2) is 0 Å². The van der Waals surface area contributed by atoms with Crippen LogP contribution < -0.4 is 5.32 Å². The minimum Gasteiger partial charge on any atom is -0.385 e. The summed E-state index contributed by atoms with van der Waals surface area (Å²) in [5, 5.41) is 3.48. The highest BCUT2D eigenvalue weighted by Crippen LogP contribution is 2.26. The quantitative estimate of drug-likeness (QED) is 0.669. The Labute approximate surface area is 115 Å². The van der Waals surface area contributed by atoms with Crippen LogP contribution >= 0.6 is 0 Å². The largest absolute Gasteiger partial charge is 0.385 e. The summed E-state index contributed by atoms with van der Waals surface area (Å²) in [6.07, 6.45) is 2.37. The molecule has 1 heteroatoms. The molecule has 1 nitrogen and oxygen atoms in total. The number of nitrogens with one attached hydrogen (secondary N) is 1. The lowest BCUT2D eigenvalue weighted by molar-refractivity contribution is 0.734. The highest BCUT2D eigenvalue weighted by atomic mass is 14.9. The van der Waals surface area contributed by atoms with Gasteiger partial charge >= 0.3 is 0 Å². The molecule has 1 aromatic rings. The Morgan fingerprint density at radius 3 is 2.06 bits per heavy atom. The summed E-state index contributed by atoms with van der Waals surface area (Å²) in [5.41, 5.74) is 2.76. The average molecular weight is 251 g/mol. The van der Waals surface area contributed by atoms with Gasteiger partial charge in [0, 0.05) is 12.2 Å². The predicted octanol–water partition coefficient (Wildman–Crippen LogP) is 6.07. The molecule has 0 amide bonds. The van der Waals surface area contributed by atoms with Gasteiger partial charge < -0.3 is 5.32 Å². The summed E-state index contributed by atoms with van der Waals surface area (Å²) in [6, 6.07) is 8.63. The van der Waals surface area contributed by atoms with Crippen molar-refractivity contribution in [2.75, 3.05) is 11.9 Å². The van der Waals surface area contributed by atoms with Crippen LogP contribution in [-0.2, 0) is 0 Å². The molecule has 1 unspecified atom stereocenters. The van der Waals surface area contributed by atoms with Crippen molar-refractivity contribution in [3.63, 3.8) is 0 Å². The summed E-state index contributed by atoms with van der Waals surface area (Å²) in [4.78, 5) is 0. The van der Waals surface area contributed by atoms with Crippen molar-refractivity contribution in [3.8, 4) is 0 Å². The van der Waals surface area contributed by atoms with E-state index in [-0.39, 0.29) is 0 Å². The normalized spacial score (nSPS) is 10.4. The zero-order valence-electron chi connectivity index (χ0n) is 13.5. The molecular formula is C17H33N. The maximum Gasteiger partial charge on any atom is 0.0375 e. The second kappa shape index (κ2) is 14.1. The van der Waals surface area contributed by atoms with Gasteiger partial charge in [-0.25, -0.2) is 0 Å². The fraction of sp³-hybridized carbons (Fsp3) is 0.647. The van der Waals surface area contributed by atoms with Crippen molar-refractivity contribution in [2.45, 2.75) is 67.2 Å². The van der Waals surface area contributed by atoms with Crippen molar-refractivity contribution in [1.82, 2.24) is 0 Å². The van der Waals surface area contributed by atoms with E-state index in [1.165, 1.54) is 24.1 Å². The third kappa shape index (κ3) is 7.37. The molecule has 0 fully saturated rings.